The molecule has 84 heavy (non-hydrogen) atoms. The summed E-state index contributed by atoms with van der Waals surface area (Å²) < 4.78 is 0. The van der Waals surface area contributed by atoms with Crippen LogP contribution in [-0.2, 0) is 0 Å². The Labute approximate surface area is 498 Å². The fourth-order valence-electron chi connectivity index (χ4n) is 11.7. The van der Waals surface area contributed by atoms with E-state index < -0.39 is 0 Å². The summed E-state index contributed by atoms with van der Waals surface area (Å²) in [6, 6.07) is 91.8. The zero-order chi connectivity index (χ0) is 59.0. The maximum absolute atomic E-state index is 2.28. The van der Waals surface area contributed by atoms with E-state index >= 15 is 0 Å². The first-order valence-electron chi connectivity index (χ1n) is 29.6. The number of benzene rings is 15. The Morgan fingerprint density at radius 2 is 0.369 bits per heavy atom. The molecule has 0 aromatic heterocycles. The molecule has 15 rings (SSSR count). The third-order valence-corrected chi connectivity index (χ3v) is 16.5. The predicted octanol–water partition coefficient (Wildman–Crippen LogP) is 24.2. The Hall–Kier alpha value is -9.36. The standard InChI is InChI=1S/3C16H14.3C12H12/c1-11-3-5-13-9-14-6-4-12(2)8-16(14)10-15(13)7-11;1-11-13-7-3-5-9-15(13)12(2)16-10-6-4-8-14(11)16;1-11-7-8-16-12(2)15-6-4-3-5-13(15)10-14(16)9-11;1-9-3-5-12-8-10(2)4-6-11(12)7-9;1-9-3-5-11-6-4-10(2)8-12(11)7-9;1-9-7-11-5-3-4-6-12(11)8-10(9)2/h3*3-10H,1-2H3;3*3-8H,1-2H3. The monoisotopic (exact) mass is 1090 g/mol. The van der Waals surface area contributed by atoms with Gasteiger partial charge < -0.3 is 0 Å². The number of hydrogen-bond acceptors (Lipinski definition) is 0. The average molecular weight is 1090 g/mol. The summed E-state index contributed by atoms with van der Waals surface area (Å²) in [5.74, 6) is 0. The number of aryl methyl sites for hydroxylation is 12. The maximum Gasteiger partial charge on any atom is -0.0146 e. The molecule has 0 amide bonds. The van der Waals surface area contributed by atoms with E-state index in [-0.39, 0.29) is 0 Å². The summed E-state index contributed by atoms with van der Waals surface area (Å²) in [4.78, 5) is 0. The lowest BCUT2D eigenvalue weighted by molar-refractivity contribution is 1.37. The lowest BCUT2D eigenvalue weighted by atomic mass is 9.93. The highest BCUT2D eigenvalue weighted by Gasteiger charge is 2.08. The lowest BCUT2D eigenvalue weighted by Gasteiger charge is -2.11. The molecule has 0 aliphatic heterocycles. The third kappa shape index (κ3) is 13.6. The normalized spacial score (nSPS) is 10.9. The van der Waals surface area contributed by atoms with Crippen molar-refractivity contribution in [2.75, 3.05) is 0 Å². The van der Waals surface area contributed by atoms with Gasteiger partial charge >= 0.3 is 0 Å². The summed E-state index contributed by atoms with van der Waals surface area (Å²) in [5, 5.41) is 24.2. The van der Waals surface area contributed by atoms with Gasteiger partial charge in [0.1, 0.15) is 0 Å². The van der Waals surface area contributed by atoms with Gasteiger partial charge in [0, 0.05) is 0 Å². The second kappa shape index (κ2) is 25.8. The molecule has 0 saturated carbocycles. The first-order valence-corrected chi connectivity index (χ1v) is 29.6. The molecule has 0 heterocycles. The molecular formula is C84H78. The van der Waals surface area contributed by atoms with E-state index in [9.17, 15) is 0 Å². The molecule has 15 aromatic rings. The van der Waals surface area contributed by atoms with Crippen molar-refractivity contribution in [3.05, 3.63) is 322 Å². The van der Waals surface area contributed by atoms with Gasteiger partial charge in [-0.15, -0.1) is 0 Å². The molecule has 0 nitrogen and oxygen atoms in total. The zero-order valence-corrected chi connectivity index (χ0v) is 51.2. The van der Waals surface area contributed by atoms with Crippen LogP contribution in [0.2, 0.25) is 0 Å². The van der Waals surface area contributed by atoms with Crippen molar-refractivity contribution < 1.29 is 0 Å². The first kappa shape index (κ1) is 57.9. The van der Waals surface area contributed by atoms with Crippen LogP contribution in [0.1, 0.15) is 66.8 Å². The number of rotatable bonds is 0. The molecule has 0 aliphatic rings. The van der Waals surface area contributed by atoms with Crippen LogP contribution in [0.5, 0.6) is 0 Å². The molecule has 0 unspecified atom stereocenters. The zero-order valence-electron chi connectivity index (χ0n) is 51.2. The lowest BCUT2D eigenvalue weighted by Crippen LogP contribution is -1.87. The molecule has 15 aromatic carbocycles. The molecule has 0 N–H and O–H groups in total. The minimum Gasteiger partial charge on any atom is -0.0616 e. The number of fused-ring (bicyclic) bond motifs is 9. The maximum atomic E-state index is 2.28. The molecule has 0 spiro atoms. The topological polar surface area (TPSA) is 0 Å². The highest BCUT2D eigenvalue weighted by molar-refractivity contribution is 6.06. The Balaban J connectivity index is 0.000000113. The fraction of sp³-hybridized carbons (Fsp3) is 0.143. The Morgan fingerprint density at radius 3 is 0.762 bits per heavy atom. The van der Waals surface area contributed by atoms with Crippen LogP contribution in [0, 0.1) is 83.1 Å². The molecule has 0 saturated heterocycles. The van der Waals surface area contributed by atoms with Gasteiger partial charge in [0.15, 0.2) is 0 Å². The summed E-state index contributed by atoms with van der Waals surface area (Å²) >= 11 is 0. The van der Waals surface area contributed by atoms with Gasteiger partial charge in [-0.05, 0) is 226 Å². The summed E-state index contributed by atoms with van der Waals surface area (Å²) in [7, 11) is 0. The van der Waals surface area contributed by atoms with Crippen molar-refractivity contribution in [3.8, 4) is 0 Å². The molecule has 0 bridgehead atoms. The molecule has 414 valence electrons. The third-order valence-electron chi connectivity index (χ3n) is 16.5. The molecule has 0 fully saturated rings. The Kier molecular flexibility index (Phi) is 17.8. The van der Waals surface area contributed by atoms with Gasteiger partial charge in [0.2, 0.25) is 0 Å². The smallest absolute Gasteiger partial charge is 0.0146 e. The van der Waals surface area contributed by atoms with Gasteiger partial charge in [0.05, 0.1) is 0 Å². The van der Waals surface area contributed by atoms with Crippen LogP contribution < -0.4 is 0 Å². The average Bonchev–Trinajstić information content (AvgIpc) is 3.39. The van der Waals surface area contributed by atoms with Gasteiger partial charge in [-0.25, -0.2) is 0 Å². The van der Waals surface area contributed by atoms with Crippen LogP contribution in [0.25, 0.3) is 97.0 Å². The van der Waals surface area contributed by atoms with E-state index in [1.165, 1.54) is 164 Å². The van der Waals surface area contributed by atoms with Crippen LogP contribution >= 0.6 is 0 Å². The van der Waals surface area contributed by atoms with Crippen molar-refractivity contribution in [3.63, 3.8) is 0 Å². The van der Waals surface area contributed by atoms with Crippen molar-refractivity contribution in [1.29, 1.82) is 0 Å². The molecule has 0 atom stereocenters. The summed E-state index contributed by atoms with van der Waals surface area (Å²) in [6.07, 6.45) is 0. The van der Waals surface area contributed by atoms with E-state index in [0.717, 1.165) is 0 Å². The summed E-state index contributed by atoms with van der Waals surface area (Å²) in [6.45, 7) is 25.9. The van der Waals surface area contributed by atoms with Crippen molar-refractivity contribution in [1.82, 2.24) is 0 Å². The molecule has 0 aliphatic carbocycles. The van der Waals surface area contributed by atoms with E-state index in [1.807, 2.05) is 0 Å². The second-order valence-corrected chi connectivity index (χ2v) is 23.3. The molecule has 0 heteroatoms. The fourth-order valence-corrected chi connectivity index (χ4v) is 11.7. The Bertz CT molecular complexity index is 4560. The van der Waals surface area contributed by atoms with Gasteiger partial charge in [-0.1, -0.05) is 276 Å². The molecular weight excluding hydrogens is 1010 g/mol. The minimum absolute atomic E-state index is 1.32. The van der Waals surface area contributed by atoms with Gasteiger partial charge in [-0.2, -0.15) is 0 Å². The van der Waals surface area contributed by atoms with Gasteiger partial charge in [-0.3, -0.25) is 0 Å². The predicted molar refractivity (Wildman–Crippen MR) is 373 cm³/mol. The number of hydrogen-bond donors (Lipinski definition) is 0. The minimum atomic E-state index is 1.32. The Morgan fingerprint density at radius 1 is 0.143 bits per heavy atom. The van der Waals surface area contributed by atoms with Crippen molar-refractivity contribution in [2.45, 2.75) is 83.1 Å². The van der Waals surface area contributed by atoms with Crippen LogP contribution in [-0.4, -0.2) is 0 Å². The van der Waals surface area contributed by atoms with Crippen molar-refractivity contribution >= 4 is 97.0 Å². The largest absolute Gasteiger partial charge is 0.0616 e. The van der Waals surface area contributed by atoms with E-state index in [4.69, 9.17) is 0 Å². The van der Waals surface area contributed by atoms with E-state index in [1.54, 1.807) is 0 Å². The molecule has 0 radical (unpaired) electrons. The van der Waals surface area contributed by atoms with Crippen LogP contribution in [0.4, 0.5) is 0 Å². The van der Waals surface area contributed by atoms with Crippen LogP contribution in [0.15, 0.2) is 255 Å². The van der Waals surface area contributed by atoms with Crippen LogP contribution in [0.3, 0.4) is 0 Å². The highest BCUT2D eigenvalue weighted by atomic mass is 14.1. The first-order chi connectivity index (χ1) is 40.5. The van der Waals surface area contributed by atoms with E-state index in [0.29, 0.717) is 0 Å². The second-order valence-electron chi connectivity index (χ2n) is 23.3. The van der Waals surface area contributed by atoms with E-state index in [2.05, 4.69) is 338 Å². The van der Waals surface area contributed by atoms with Gasteiger partial charge in [0.25, 0.3) is 0 Å². The van der Waals surface area contributed by atoms with Crippen molar-refractivity contribution in [2.24, 2.45) is 0 Å². The quantitative estimate of drug-likeness (QED) is 0.133. The highest BCUT2D eigenvalue weighted by Crippen LogP contribution is 2.32. The summed E-state index contributed by atoms with van der Waals surface area (Å²) in [5.41, 5.74) is 16.2. The SMILES string of the molecule is Cc1c2ccccc2c(C)c2ccccc12.Cc1cc2ccccc2cc1C.Cc1ccc2c(C)c3ccccc3cc2c1.Cc1ccc2cc(C)ccc2c1.Cc1ccc2cc3ccc(C)cc3cc2c1.Cc1ccc2ccc(C)cc2c1.